The van der Waals surface area contributed by atoms with Gasteiger partial charge in [-0.1, -0.05) is 5.16 Å². The second-order valence-corrected chi connectivity index (χ2v) is 6.75. The van der Waals surface area contributed by atoms with Gasteiger partial charge in [0.2, 0.25) is 0 Å². The van der Waals surface area contributed by atoms with Crippen molar-refractivity contribution >= 4 is 34.2 Å². The number of carbonyl (C=O) groups is 3. The molecular formula is C19H18N2O7S. The van der Waals surface area contributed by atoms with Gasteiger partial charge in [-0.3, -0.25) is 4.79 Å². The molecule has 0 aliphatic carbocycles. The zero-order valence-corrected chi connectivity index (χ0v) is 16.8. The van der Waals surface area contributed by atoms with Crippen LogP contribution in [-0.2, 0) is 14.3 Å². The van der Waals surface area contributed by atoms with Crippen LogP contribution in [-0.4, -0.2) is 36.2 Å². The van der Waals surface area contributed by atoms with Crippen molar-refractivity contribution in [2.45, 2.75) is 20.8 Å². The number of rotatable bonds is 7. The van der Waals surface area contributed by atoms with Crippen LogP contribution in [0.1, 0.15) is 39.1 Å². The van der Waals surface area contributed by atoms with Crippen LogP contribution in [0.5, 0.6) is 0 Å². The van der Waals surface area contributed by atoms with E-state index in [-0.39, 0.29) is 22.7 Å². The fraction of sp³-hybridized carbons (Fsp3) is 0.263. The summed E-state index contributed by atoms with van der Waals surface area (Å²) in [6.45, 7) is 4.49. The van der Waals surface area contributed by atoms with E-state index in [4.69, 9.17) is 18.4 Å². The zero-order chi connectivity index (χ0) is 21.0. The molecule has 0 radical (unpaired) electrons. The average molecular weight is 418 g/mol. The fourth-order valence-corrected chi connectivity index (χ4v) is 3.56. The number of hydrogen-bond acceptors (Lipinski definition) is 9. The summed E-state index contributed by atoms with van der Waals surface area (Å²) >= 11 is 1.14. The molecule has 3 heterocycles. The lowest BCUT2D eigenvalue weighted by atomic mass is 10.1. The third-order valence-corrected chi connectivity index (χ3v) is 4.78. The monoisotopic (exact) mass is 418 g/mol. The first-order valence-corrected chi connectivity index (χ1v) is 9.52. The van der Waals surface area contributed by atoms with E-state index in [0.717, 1.165) is 11.3 Å². The first kappa shape index (κ1) is 20.3. The highest BCUT2D eigenvalue weighted by atomic mass is 32.1. The molecule has 152 valence electrons. The Morgan fingerprint density at radius 1 is 1.17 bits per heavy atom. The van der Waals surface area contributed by atoms with Crippen LogP contribution in [0, 0.1) is 13.8 Å². The number of anilines is 1. The van der Waals surface area contributed by atoms with Crippen LogP contribution in [0.25, 0.3) is 11.3 Å². The Bertz CT molecular complexity index is 1010. The average Bonchev–Trinajstić information content (AvgIpc) is 3.40. The maximum absolute atomic E-state index is 12.4. The van der Waals surface area contributed by atoms with E-state index >= 15 is 0 Å². The van der Waals surface area contributed by atoms with Crippen molar-refractivity contribution in [3.05, 3.63) is 46.4 Å². The van der Waals surface area contributed by atoms with Gasteiger partial charge in [-0.25, -0.2) is 9.59 Å². The molecule has 0 aromatic carbocycles. The van der Waals surface area contributed by atoms with Crippen molar-refractivity contribution in [2.24, 2.45) is 0 Å². The Balaban J connectivity index is 1.73. The summed E-state index contributed by atoms with van der Waals surface area (Å²) in [7, 11) is 0. The molecule has 3 aromatic rings. The third-order valence-electron chi connectivity index (χ3n) is 3.88. The zero-order valence-electron chi connectivity index (χ0n) is 15.9. The first-order valence-electron chi connectivity index (χ1n) is 8.64. The van der Waals surface area contributed by atoms with Crippen LogP contribution in [0.2, 0.25) is 0 Å². The number of thiophene rings is 1. The molecule has 0 saturated heterocycles. The van der Waals surface area contributed by atoms with E-state index in [0.29, 0.717) is 22.8 Å². The van der Waals surface area contributed by atoms with Gasteiger partial charge in [-0.05, 0) is 32.9 Å². The topological polar surface area (TPSA) is 121 Å². The number of esters is 2. The molecule has 0 unspecified atom stereocenters. The lowest BCUT2D eigenvalue weighted by Crippen LogP contribution is -2.22. The molecule has 0 fully saturated rings. The van der Waals surface area contributed by atoms with Crippen LogP contribution in [0.4, 0.5) is 5.00 Å². The number of carbonyl (C=O) groups excluding carboxylic acids is 3. The van der Waals surface area contributed by atoms with E-state index in [1.165, 1.54) is 6.26 Å². The molecule has 0 saturated carbocycles. The van der Waals surface area contributed by atoms with Crippen LogP contribution >= 0.6 is 11.3 Å². The van der Waals surface area contributed by atoms with Crippen LogP contribution in [0.3, 0.4) is 0 Å². The van der Waals surface area contributed by atoms with Crippen LogP contribution < -0.4 is 5.32 Å². The van der Waals surface area contributed by atoms with Crippen molar-refractivity contribution in [3.8, 4) is 11.3 Å². The van der Waals surface area contributed by atoms with Gasteiger partial charge in [0.05, 0.1) is 18.6 Å². The molecule has 0 aliphatic rings. The largest absolute Gasteiger partial charge is 0.464 e. The summed E-state index contributed by atoms with van der Waals surface area (Å²) in [4.78, 5) is 36.8. The Hall–Kier alpha value is -3.40. The summed E-state index contributed by atoms with van der Waals surface area (Å²) in [6.07, 6.45) is 1.48. The summed E-state index contributed by atoms with van der Waals surface area (Å²) in [5, 5.41) is 8.20. The molecular weight excluding hydrogens is 400 g/mol. The molecule has 1 N–H and O–H groups in total. The van der Waals surface area contributed by atoms with E-state index in [9.17, 15) is 14.4 Å². The normalized spacial score (nSPS) is 10.6. The van der Waals surface area contributed by atoms with Gasteiger partial charge < -0.3 is 23.7 Å². The molecule has 0 aliphatic heterocycles. The highest BCUT2D eigenvalue weighted by Gasteiger charge is 2.25. The predicted molar refractivity (Wildman–Crippen MR) is 103 cm³/mol. The predicted octanol–water partition coefficient (Wildman–Crippen LogP) is 3.59. The minimum atomic E-state index is -0.718. The van der Waals surface area contributed by atoms with E-state index in [1.807, 2.05) is 0 Å². The van der Waals surface area contributed by atoms with E-state index in [1.54, 1.807) is 38.3 Å². The van der Waals surface area contributed by atoms with Crippen molar-refractivity contribution in [2.75, 3.05) is 18.5 Å². The highest BCUT2D eigenvalue weighted by molar-refractivity contribution is 7.15. The Kier molecular flexibility index (Phi) is 6.13. The number of hydrogen-bond donors (Lipinski definition) is 1. The molecule has 0 spiro atoms. The Morgan fingerprint density at radius 2 is 1.93 bits per heavy atom. The summed E-state index contributed by atoms with van der Waals surface area (Å²) in [6, 6.07) is 3.39. The third kappa shape index (κ3) is 4.37. The molecule has 1 amide bonds. The maximum atomic E-state index is 12.4. The fourth-order valence-electron chi connectivity index (χ4n) is 2.61. The highest BCUT2D eigenvalue weighted by Crippen LogP contribution is 2.36. The van der Waals surface area contributed by atoms with Crippen molar-refractivity contribution in [1.29, 1.82) is 0 Å². The number of aryl methyl sites for hydroxylation is 2. The van der Waals surface area contributed by atoms with Gasteiger partial charge in [0.25, 0.3) is 5.91 Å². The van der Waals surface area contributed by atoms with Gasteiger partial charge in [-0.2, -0.15) is 0 Å². The second kappa shape index (κ2) is 8.74. The van der Waals surface area contributed by atoms with Crippen molar-refractivity contribution in [1.82, 2.24) is 5.16 Å². The quantitative estimate of drug-likeness (QED) is 0.578. The van der Waals surface area contributed by atoms with Gasteiger partial charge in [0.1, 0.15) is 27.6 Å². The summed E-state index contributed by atoms with van der Waals surface area (Å²) in [5.74, 6) is -1.15. The van der Waals surface area contributed by atoms with Crippen molar-refractivity contribution in [3.63, 3.8) is 0 Å². The van der Waals surface area contributed by atoms with Gasteiger partial charge in [-0.15, -0.1) is 11.3 Å². The molecule has 3 aromatic heterocycles. The molecule has 10 heteroatoms. The first-order chi connectivity index (χ1) is 13.9. The lowest BCUT2D eigenvalue weighted by Gasteiger charge is -2.08. The smallest absolute Gasteiger partial charge is 0.344 e. The number of aromatic nitrogens is 1. The molecule has 9 nitrogen and oxygen atoms in total. The number of nitrogens with zero attached hydrogens (tertiary/aromatic N) is 1. The standard InChI is InChI=1S/C19H18N2O7S/c1-4-25-19(24)16-12(13-6-5-7-26-13)9-29-17(16)20-14(22)8-27-18(23)15-10(2)21-28-11(15)3/h5-7,9H,4,8H2,1-3H3,(H,20,22). The van der Waals surface area contributed by atoms with Gasteiger partial charge >= 0.3 is 11.9 Å². The molecule has 3 rings (SSSR count). The SMILES string of the molecule is CCOC(=O)c1c(-c2ccco2)csc1NC(=O)COC(=O)c1c(C)noc1C. The number of nitrogens with one attached hydrogen (secondary N) is 1. The van der Waals surface area contributed by atoms with E-state index < -0.39 is 24.5 Å². The maximum Gasteiger partial charge on any atom is 0.344 e. The van der Waals surface area contributed by atoms with E-state index in [2.05, 4.69) is 10.5 Å². The molecule has 0 atom stereocenters. The van der Waals surface area contributed by atoms with Gasteiger partial charge in [0.15, 0.2) is 6.61 Å². The van der Waals surface area contributed by atoms with Gasteiger partial charge in [0, 0.05) is 10.9 Å². The number of ether oxygens (including phenoxy) is 2. The summed E-state index contributed by atoms with van der Waals surface area (Å²) in [5.41, 5.74) is 1.23. The Morgan fingerprint density at radius 3 is 2.55 bits per heavy atom. The van der Waals surface area contributed by atoms with Crippen molar-refractivity contribution < 1.29 is 32.8 Å². The molecule has 29 heavy (non-hydrogen) atoms. The Labute approximate surface area is 169 Å². The number of furan rings is 1. The summed E-state index contributed by atoms with van der Waals surface area (Å²) < 4.78 is 20.4. The minimum absolute atomic E-state index is 0.175. The lowest BCUT2D eigenvalue weighted by molar-refractivity contribution is -0.119. The minimum Gasteiger partial charge on any atom is -0.464 e. The second-order valence-electron chi connectivity index (χ2n) is 5.87. The molecule has 0 bridgehead atoms. The number of amides is 1. The van der Waals surface area contributed by atoms with Crippen LogP contribution in [0.15, 0.2) is 32.7 Å².